The monoisotopic (exact) mass is 241 g/mol. The van der Waals surface area contributed by atoms with Gasteiger partial charge in [0.25, 0.3) is 0 Å². The summed E-state index contributed by atoms with van der Waals surface area (Å²) in [5, 5.41) is 10.8. The number of hydrogen-bond donors (Lipinski definition) is 0. The minimum Gasteiger partial charge on any atom is -0.466 e. The van der Waals surface area contributed by atoms with Crippen LogP contribution < -0.4 is 0 Å². The summed E-state index contributed by atoms with van der Waals surface area (Å²) in [6.07, 6.45) is 6.09. The molecule has 0 aromatic heterocycles. The van der Waals surface area contributed by atoms with Gasteiger partial charge in [0, 0.05) is 12.3 Å². The zero-order valence-corrected chi connectivity index (χ0v) is 10.2. The van der Waals surface area contributed by atoms with Crippen LogP contribution in [0.2, 0.25) is 0 Å². The van der Waals surface area contributed by atoms with Gasteiger partial charge in [-0.25, -0.2) is 0 Å². The number of hydrogen-bond acceptors (Lipinski definition) is 4. The highest BCUT2D eigenvalue weighted by molar-refractivity contribution is 5.69. The molecule has 5 nitrogen and oxygen atoms in total. The van der Waals surface area contributed by atoms with E-state index >= 15 is 0 Å². The Morgan fingerprint density at radius 2 is 2.41 bits per heavy atom. The Hall–Kier alpha value is -1.39. The first-order valence-electron chi connectivity index (χ1n) is 6.15. The summed E-state index contributed by atoms with van der Waals surface area (Å²) in [6.45, 7) is 2.16. The van der Waals surface area contributed by atoms with E-state index < -0.39 is 0 Å². The first kappa shape index (κ1) is 13.7. The number of ether oxygens (including phenoxy) is 1. The van der Waals surface area contributed by atoms with Crippen molar-refractivity contribution >= 4 is 5.97 Å². The average molecular weight is 241 g/mol. The smallest absolute Gasteiger partial charge is 0.305 e. The number of esters is 1. The van der Waals surface area contributed by atoms with Gasteiger partial charge in [-0.15, -0.1) is 0 Å². The summed E-state index contributed by atoms with van der Waals surface area (Å²) in [6, 6.07) is 0. The van der Waals surface area contributed by atoms with Crippen molar-refractivity contribution in [3.63, 3.8) is 0 Å². The maximum Gasteiger partial charge on any atom is 0.305 e. The molecule has 1 aliphatic carbocycles. The molecule has 1 unspecified atom stereocenters. The zero-order valence-electron chi connectivity index (χ0n) is 10.2. The molecular formula is C12H19NO4. The molecular weight excluding hydrogens is 222 g/mol. The van der Waals surface area contributed by atoms with E-state index in [2.05, 4.69) is 0 Å². The molecule has 0 aromatic rings. The molecule has 0 N–H and O–H groups in total. The molecule has 0 fully saturated rings. The maximum absolute atomic E-state index is 11.1. The van der Waals surface area contributed by atoms with Crippen molar-refractivity contribution in [1.29, 1.82) is 0 Å². The van der Waals surface area contributed by atoms with E-state index in [9.17, 15) is 14.9 Å². The van der Waals surface area contributed by atoms with Gasteiger partial charge in [-0.2, -0.15) is 0 Å². The van der Waals surface area contributed by atoms with Gasteiger partial charge < -0.3 is 4.74 Å². The molecule has 17 heavy (non-hydrogen) atoms. The summed E-state index contributed by atoms with van der Waals surface area (Å²) in [5.41, 5.74) is 0.333. The molecule has 1 atom stereocenters. The predicted molar refractivity (Wildman–Crippen MR) is 62.9 cm³/mol. The van der Waals surface area contributed by atoms with Gasteiger partial charge in [0.1, 0.15) is 0 Å². The fourth-order valence-corrected chi connectivity index (χ4v) is 2.17. The normalized spacial score (nSPS) is 19.6. The summed E-state index contributed by atoms with van der Waals surface area (Å²) < 4.78 is 4.82. The van der Waals surface area contributed by atoms with Gasteiger partial charge in [0.05, 0.1) is 11.5 Å². The molecule has 1 rings (SSSR count). The molecule has 0 amide bonds. The minimum absolute atomic E-state index is 0.00757. The van der Waals surface area contributed by atoms with E-state index in [4.69, 9.17) is 4.74 Å². The largest absolute Gasteiger partial charge is 0.466 e. The van der Waals surface area contributed by atoms with Crippen molar-refractivity contribution in [1.82, 2.24) is 0 Å². The van der Waals surface area contributed by atoms with Crippen LogP contribution in [0.25, 0.3) is 0 Å². The lowest BCUT2D eigenvalue weighted by atomic mass is 9.88. The van der Waals surface area contributed by atoms with Crippen LogP contribution in [-0.2, 0) is 9.53 Å². The number of allylic oxidation sites excluding steroid dienone is 2. The summed E-state index contributed by atoms with van der Waals surface area (Å²) in [4.78, 5) is 21.7. The second-order valence-corrected chi connectivity index (χ2v) is 4.21. The second kappa shape index (κ2) is 7.04. The van der Waals surface area contributed by atoms with Crippen LogP contribution in [0.3, 0.4) is 0 Å². The molecule has 0 aromatic carbocycles. The van der Waals surface area contributed by atoms with Crippen molar-refractivity contribution < 1.29 is 14.5 Å². The van der Waals surface area contributed by atoms with Crippen LogP contribution in [0.1, 0.15) is 45.4 Å². The average Bonchev–Trinajstić information content (AvgIpc) is 2.30. The van der Waals surface area contributed by atoms with Crippen LogP contribution in [0.15, 0.2) is 11.8 Å². The first-order valence-corrected chi connectivity index (χ1v) is 6.15. The van der Waals surface area contributed by atoms with E-state index in [-0.39, 0.29) is 16.8 Å². The summed E-state index contributed by atoms with van der Waals surface area (Å²) in [7, 11) is 0. The van der Waals surface area contributed by atoms with E-state index in [0.29, 0.717) is 31.6 Å². The highest BCUT2D eigenvalue weighted by Gasteiger charge is 2.26. The fraction of sp³-hybridized carbons (Fsp3) is 0.750. The van der Waals surface area contributed by atoms with Crippen molar-refractivity contribution in [2.24, 2.45) is 5.92 Å². The van der Waals surface area contributed by atoms with Crippen LogP contribution in [0.5, 0.6) is 0 Å². The Bertz CT molecular complexity index is 312. The molecule has 0 spiro atoms. The number of carbonyl (C=O) groups is 1. The van der Waals surface area contributed by atoms with E-state index in [1.165, 1.54) is 0 Å². The molecule has 0 bridgehead atoms. The Balaban J connectivity index is 2.35. The molecule has 1 aliphatic rings. The highest BCUT2D eigenvalue weighted by atomic mass is 16.6. The Kier molecular flexibility index (Phi) is 5.66. The lowest BCUT2D eigenvalue weighted by molar-refractivity contribution is -0.435. The molecule has 0 aliphatic heterocycles. The highest BCUT2D eigenvalue weighted by Crippen LogP contribution is 2.29. The van der Waals surface area contributed by atoms with E-state index in [1.54, 1.807) is 13.0 Å². The minimum atomic E-state index is -0.284. The third kappa shape index (κ3) is 4.54. The van der Waals surface area contributed by atoms with Crippen LogP contribution in [0, 0.1) is 16.0 Å². The van der Waals surface area contributed by atoms with Crippen LogP contribution in [-0.4, -0.2) is 17.5 Å². The van der Waals surface area contributed by atoms with Gasteiger partial charge >= 0.3 is 5.97 Å². The lowest BCUT2D eigenvalue weighted by Crippen LogP contribution is -2.16. The predicted octanol–water partition coefficient (Wildman–Crippen LogP) is 2.68. The number of nitro groups is 1. The van der Waals surface area contributed by atoms with Gasteiger partial charge in [0.2, 0.25) is 5.70 Å². The SMILES string of the molecule is CCOC(=O)CCCC1CCCC=C1[N+](=O)[O-]. The number of nitrogens with zero attached hydrogens (tertiary/aromatic N) is 1. The molecule has 0 saturated heterocycles. The molecule has 0 radical (unpaired) electrons. The Morgan fingerprint density at radius 1 is 1.65 bits per heavy atom. The van der Waals surface area contributed by atoms with Crippen LogP contribution in [0.4, 0.5) is 0 Å². The molecule has 5 heteroatoms. The van der Waals surface area contributed by atoms with Crippen LogP contribution >= 0.6 is 0 Å². The van der Waals surface area contributed by atoms with Gasteiger partial charge in [-0.1, -0.05) is 0 Å². The Morgan fingerprint density at radius 3 is 3.06 bits per heavy atom. The molecule has 0 heterocycles. The fourth-order valence-electron chi connectivity index (χ4n) is 2.17. The molecule has 0 saturated carbocycles. The quantitative estimate of drug-likeness (QED) is 0.407. The van der Waals surface area contributed by atoms with Crippen molar-refractivity contribution in [3.8, 4) is 0 Å². The number of rotatable bonds is 6. The van der Waals surface area contributed by atoms with Gasteiger partial charge in [-0.05, 0) is 45.1 Å². The first-order chi connectivity index (χ1) is 8.15. The Labute approximate surface area is 101 Å². The van der Waals surface area contributed by atoms with Crippen molar-refractivity contribution in [2.75, 3.05) is 6.61 Å². The van der Waals surface area contributed by atoms with E-state index in [0.717, 1.165) is 19.3 Å². The van der Waals surface area contributed by atoms with Crippen molar-refractivity contribution in [2.45, 2.75) is 45.4 Å². The van der Waals surface area contributed by atoms with Gasteiger partial charge in [-0.3, -0.25) is 14.9 Å². The number of carbonyl (C=O) groups excluding carboxylic acids is 1. The summed E-state index contributed by atoms with van der Waals surface area (Å²) in [5.74, 6) is -0.205. The van der Waals surface area contributed by atoms with Gasteiger partial charge in [0.15, 0.2) is 0 Å². The topological polar surface area (TPSA) is 69.4 Å². The standard InChI is InChI=1S/C12H19NO4/c1-2-17-12(14)9-5-7-10-6-3-4-8-11(10)13(15)16/h8,10H,2-7,9H2,1H3. The third-order valence-electron chi connectivity index (χ3n) is 2.98. The zero-order chi connectivity index (χ0) is 12.7. The lowest BCUT2D eigenvalue weighted by Gasteiger charge is -2.17. The molecule has 96 valence electrons. The third-order valence-corrected chi connectivity index (χ3v) is 2.98. The maximum atomic E-state index is 11.1. The van der Waals surface area contributed by atoms with E-state index in [1.807, 2.05) is 0 Å². The summed E-state index contributed by atoms with van der Waals surface area (Å²) >= 11 is 0. The second-order valence-electron chi connectivity index (χ2n) is 4.21. The van der Waals surface area contributed by atoms with Crippen molar-refractivity contribution in [3.05, 3.63) is 21.9 Å².